The van der Waals surface area contributed by atoms with Gasteiger partial charge in [-0.25, -0.2) is 0 Å². The minimum atomic E-state index is -0.470. The molecule has 0 aliphatic carbocycles. The van der Waals surface area contributed by atoms with Crippen molar-refractivity contribution >= 4 is 34.5 Å². The van der Waals surface area contributed by atoms with Crippen molar-refractivity contribution in [3.63, 3.8) is 0 Å². The van der Waals surface area contributed by atoms with Crippen LogP contribution in [-0.4, -0.2) is 23.3 Å². The summed E-state index contributed by atoms with van der Waals surface area (Å²) < 4.78 is 18.7. The molecule has 5 heteroatoms. The average Bonchev–Trinajstić information content (AvgIpc) is 3.15. The van der Waals surface area contributed by atoms with Crippen molar-refractivity contribution < 1.29 is 13.7 Å². The van der Waals surface area contributed by atoms with E-state index in [1.165, 1.54) is 0 Å². The largest absolute Gasteiger partial charge is 0.497 e. The van der Waals surface area contributed by atoms with E-state index in [1.807, 2.05) is 48.7 Å². The molecule has 0 N–H and O–H groups in total. The van der Waals surface area contributed by atoms with Crippen LogP contribution in [0, 0.1) is 0 Å². The third-order valence-corrected chi connectivity index (χ3v) is 6.00. The molecule has 0 saturated carbocycles. The number of fused-ring (bicyclic) bond motifs is 3. The SMILES string of the molecule is CC1(C)OB(c2cccnc2-c2cccc3oc4ccccc4c23)OC1(C)C. The lowest BCUT2D eigenvalue weighted by Crippen LogP contribution is -2.41. The van der Waals surface area contributed by atoms with Crippen LogP contribution in [0.4, 0.5) is 0 Å². The van der Waals surface area contributed by atoms with Gasteiger partial charge in [-0.1, -0.05) is 36.4 Å². The molecular weight excluding hydrogens is 349 g/mol. The van der Waals surface area contributed by atoms with Crippen LogP contribution in [0.5, 0.6) is 0 Å². The van der Waals surface area contributed by atoms with Crippen molar-refractivity contribution in [3.05, 3.63) is 60.8 Å². The number of nitrogens with zero attached hydrogens (tertiary/aromatic N) is 1. The van der Waals surface area contributed by atoms with Crippen molar-refractivity contribution in [2.45, 2.75) is 38.9 Å². The molecule has 2 aromatic carbocycles. The van der Waals surface area contributed by atoms with Crippen molar-refractivity contribution in [3.8, 4) is 11.3 Å². The molecule has 0 atom stereocenters. The second-order valence-electron chi connectivity index (χ2n) is 8.31. The van der Waals surface area contributed by atoms with Crippen LogP contribution >= 0.6 is 0 Å². The molecule has 0 bridgehead atoms. The van der Waals surface area contributed by atoms with Gasteiger partial charge in [0.05, 0.1) is 16.9 Å². The molecule has 4 aromatic rings. The van der Waals surface area contributed by atoms with Gasteiger partial charge in [0, 0.05) is 28.0 Å². The van der Waals surface area contributed by atoms with Gasteiger partial charge in [-0.15, -0.1) is 0 Å². The second-order valence-corrected chi connectivity index (χ2v) is 8.31. The van der Waals surface area contributed by atoms with Crippen molar-refractivity contribution in [1.29, 1.82) is 0 Å². The van der Waals surface area contributed by atoms with Gasteiger partial charge in [0.1, 0.15) is 11.2 Å². The Morgan fingerprint density at radius 2 is 1.50 bits per heavy atom. The number of pyridine rings is 1. The van der Waals surface area contributed by atoms with E-state index >= 15 is 0 Å². The molecule has 1 fully saturated rings. The van der Waals surface area contributed by atoms with E-state index in [1.54, 1.807) is 0 Å². The van der Waals surface area contributed by atoms with E-state index < -0.39 is 18.3 Å². The minimum Gasteiger partial charge on any atom is -0.456 e. The van der Waals surface area contributed by atoms with E-state index in [0.29, 0.717) is 0 Å². The Morgan fingerprint density at radius 3 is 2.29 bits per heavy atom. The first-order valence-corrected chi connectivity index (χ1v) is 9.59. The summed E-state index contributed by atoms with van der Waals surface area (Å²) in [6, 6.07) is 18.1. The van der Waals surface area contributed by atoms with E-state index in [-0.39, 0.29) is 0 Å². The first kappa shape index (κ1) is 17.5. The van der Waals surface area contributed by atoms with Gasteiger partial charge >= 0.3 is 7.12 Å². The zero-order valence-corrected chi connectivity index (χ0v) is 16.5. The Labute approximate surface area is 164 Å². The summed E-state index contributed by atoms with van der Waals surface area (Å²) in [6.07, 6.45) is 1.81. The summed E-state index contributed by atoms with van der Waals surface area (Å²) in [5.41, 5.74) is 3.73. The summed E-state index contributed by atoms with van der Waals surface area (Å²) in [5.74, 6) is 0. The van der Waals surface area contributed by atoms with Gasteiger partial charge < -0.3 is 13.7 Å². The molecule has 0 amide bonds. The summed E-state index contributed by atoms with van der Waals surface area (Å²) in [7, 11) is -0.470. The Kier molecular flexibility index (Phi) is 3.70. The third kappa shape index (κ3) is 2.50. The van der Waals surface area contributed by atoms with Gasteiger partial charge in [0.25, 0.3) is 0 Å². The number of hydrogen-bond donors (Lipinski definition) is 0. The molecule has 1 aliphatic heterocycles. The lowest BCUT2D eigenvalue weighted by molar-refractivity contribution is 0.00578. The first-order valence-electron chi connectivity index (χ1n) is 9.59. The molecule has 140 valence electrons. The van der Waals surface area contributed by atoms with E-state index in [2.05, 4.69) is 39.8 Å². The second kappa shape index (κ2) is 5.93. The molecule has 28 heavy (non-hydrogen) atoms. The van der Waals surface area contributed by atoms with Crippen molar-refractivity contribution in [2.75, 3.05) is 0 Å². The van der Waals surface area contributed by atoms with Crippen LogP contribution < -0.4 is 5.46 Å². The normalized spacial score (nSPS) is 18.2. The zero-order chi connectivity index (χ0) is 19.5. The molecule has 5 rings (SSSR count). The number of benzene rings is 2. The van der Waals surface area contributed by atoms with Crippen LogP contribution in [0.2, 0.25) is 0 Å². The number of furan rings is 1. The van der Waals surface area contributed by atoms with Crippen molar-refractivity contribution in [1.82, 2.24) is 4.98 Å². The molecule has 0 unspecified atom stereocenters. The highest BCUT2D eigenvalue weighted by atomic mass is 16.7. The molecule has 1 aliphatic rings. The summed E-state index contributed by atoms with van der Waals surface area (Å²) in [6.45, 7) is 8.25. The minimum absolute atomic E-state index is 0.404. The van der Waals surface area contributed by atoms with Crippen LogP contribution in [-0.2, 0) is 9.31 Å². The highest BCUT2D eigenvalue weighted by Gasteiger charge is 2.52. The lowest BCUT2D eigenvalue weighted by Gasteiger charge is -2.32. The highest BCUT2D eigenvalue weighted by Crippen LogP contribution is 2.39. The summed E-state index contributed by atoms with van der Waals surface area (Å²) >= 11 is 0. The Balaban J connectivity index is 1.73. The predicted octanol–water partition coefficient (Wildman–Crippen LogP) is 4.95. The Morgan fingerprint density at radius 1 is 0.786 bits per heavy atom. The number of para-hydroxylation sites is 1. The maximum Gasteiger partial charge on any atom is 0.497 e. The van der Waals surface area contributed by atoms with Crippen molar-refractivity contribution in [2.24, 2.45) is 0 Å². The monoisotopic (exact) mass is 371 g/mol. The quantitative estimate of drug-likeness (QED) is 0.468. The zero-order valence-electron chi connectivity index (χ0n) is 16.5. The first-order chi connectivity index (χ1) is 13.4. The Bertz CT molecular complexity index is 1180. The van der Waals surface area contributed by atoms with Crippen LogP contribution in [0.15, 0.2) is 65.2 Å². The molecule has 4 nitrogen and oxygen atoms in total. The molecule has 2 aromatic heterocycles. The van der Waals surface area contributed by atoms with E-state index in [9.17, 15) is 0 Å². The van der Waals surface area contributed by atoms with Crippen LogP contribution in [0.3, 0.4) is 0 Å². The maximum absolute atomic E-state index is 6.31. The van der Waals surface area contributed by atoms with E-state index in [0.717, 1.165) is 38.7 Å². The summed E-state index contributed by atoms with van der Waals surface area (Å²) in [5, 5.41) is 2.15. The topological polar surface area (TPSA) is 44.5 Å². The van der Waals surface area contributed by atoms with Gasteiger partial charge in [-0.2, -0.15) is 0 Å². The molecule has 1 saturated heterocycles. The summed E-state index contributed by atoms with van der Waals surface area (Å²) in [4.78, 5) is 4.72. The molecule has 0 spiro atoms. The van der Waals surface area contributed by atoms with Gasteiger partial charge in [0.2, 0.25) is 0 Å². The smallest absolute Gasteiger partial charge is 0.456 e. The molecule has 3 heterocycles. The standard InChI is InChI=1S/C23H22BNO3/c1-22(2)23(3,4)28-24(27-22)17-11-8-14-25-21(17)16-10-7-13-19-20(16)15-9-5-6-12-18(15)26-19/h5-14H,1-4H3. The highest BCUT2D eigenvalue weighted by molar-refractivity contribution is 6.63. The van der Waals surface area contributed by atoms with Crippen LogP contribution in [0.25, 0.3) is 33.2 Å². The average molecular weight is 371 g/mol. The number of aromatic nitrogens is 1. The number of rotatable bonds is 2. The lowest BCUT2D eigenvalue weighted by atomic mass is 9.76. The number of hydrogen-bond acceptors (Lipinski definition) is 4. The molecular formula is C23H22BNO3. The van der Waals surface area contributed by atoms with Gasteiger partial charge in [0.15, 0.2) is 0 Å². The fourth-order valence-electron chi connectivity index (χ4n) is 3.77. The van der Waals surface area contributed by atoms with Gasteiger partial charge in [-0.3, -0.25) is 4.98 Å². The van der Waals surface area contributed by atoms with Crippen LogP contribution in [0.1, 0.15) is 27.7 Å². The third-order valence-electron chi connectivity index (χ3n) is 6.00. The molecule has 0 radical (unpaired) electrons. The van der Waals surface area contributed by atoms with E-state index in [4.69, 9.17) is 18.7 Å². The maximum atomic E-state index is 6.31. The fraction of sp³-hybridized carbons (Fsp3) is 0.261. The fourth-order valence-corrected chi connectivity index (χ4v) is 3.77. The van der Waals surface area contributed by atoms with Gasteiger partial charge in [-0.05, 0) is 45.9 Å². The predicted molar refractivity (Wildman–Crippen MR) is 113 cm³/mol. The Hall–Kier alpha value is -2.63.